The van der Waals surface area contributed by atoms with Crippen LogP contribution < -0.4 is 16.4 Å². The van der Waals surface area contributed by atoms with Gasteiger partial charge in [0.25, 0.3) is 0 Å². The zero-order valence-electron chi connectivity index (χ0n) is 13.7. The average Bonchev–Trinajstić information content (AvgIpc) is 3.22. The van der Waals surface area contributed by atoms with E-state index in [-0.39, 0.29) is 18.4 Å². The molecule has 2 aromatic heterocycles. The van der Waals surface area contributed by atoms with Crippen molar-refractivity contribution in [3.63, 3.8) is 0 Å². The molecule has 2 aromatic rings. The van der Waals surface area contributed by atoms with Crippen molar-refractivity contribution in [2.24, 2.45) is 11.7 Å². The lowest BCUT2D eigenvalue weighted by molar-refractivity contribution is -0.127. The molecule has 2 rings (SSSR count). The molecule has 0 saturated heterocycles. The molecule has 0 bridgehead atoms. The SMILES string of the molecule is CC(C)C[C@H](N)C(=O)NCC(=O)NC(c1ncc[nH]1)c1ncc[nH]1. The number of nitrogens with two attached hydrogens (primary N) is 1. The van der Waals surface area contributed by atoms with E-state index in [0.717, 1.165) is 0 Å². The van der Waals surface area contributed by atoms with E-state index in [4.69, 9.17) is 5.73 Å². The fourth-order valence-electron chi connectivity index (χ4n) is 2.26. The number of nitrogens with zero attached hydrogens (tertiary/aromatic N) is 2. The minimum atomic E-state index is -0.622. The van der Waals surface area contributed by atoms with E-state index in [1.165, 1.54) is 0 Å². The summed E-state index contributed by atoms with van der Waals surface area (Å²) in [6.45, 7) is 3.80. The largest absolute Gasteiger partial charge is 0.346 e. The number of aromatic amines is 2. The molecule has 0 spiro atoms. The number of H-pyrrole nitrogens is 2. The molecular weight excluding hydrogens is 310 g/mol. The second-order valence-electron chi connectivity index (χ2n) is 5.90. The van der Waals surface area contributed by atoms with Crippen molar-refractivity contribution < 1.29 is 9.59 Å². The van der Waals surface area contributed by atoms with Crippen LogP contribution in [0.2, 0.25) is 0 Å². The molecule has 9 heteroatoms. The van der Waals surface area contributed by atoms with E-state index in [9.17, 15) is 9.59 Å². The Balaban J connectivity index is 1.91. The highest BCUT2D eigenvalue weighted by Gasteiger charge is 2.22. The number of rotatable bonds is 8. The molecule has 24 heavy (non-hydrogen) atoms. The van der Waals surface area contributed by atoms with Crippen LogP contribution in [0, 0.1) is 5.92 Å². The standard InChI is InChI=1S/C15H23N7O2/c1-9(2)7-10(16)15(24)21-8-11(23)22-12(13-17-3-4-18-13)14-19-5-6-20-14/h3-6,9-10,12H,7-8,16H2,1-2H3,(H,17,18)(H,19,20)(H,21,24)(H,22,23)/t10-/m0/s1. The predicted molar refractivity (Wildman–Crippen MR) is 87.6 cm³/mol. The Morgan fingerprint density at radius 3 is 2.21 bits per heavy atom. The Bertz CT molecular complexity index is 603. The molecule has 0 aromatic carbocycles. The molecular formula is C15H23N7O2. The molecule has 0 radical (unpaired) electrons. The van der Waals surface area contributed by atoms with Crippen LogP contribution in [0.15, 0.2) is 24.8 Å². The zero-order valence-corrected chi connectivity index (χ0v) is 13.7. The van der Waals surface area contributed by atoms with E-state index in [1.807, 2.05) is 13.8 Å². The highest BCUT2D eigenvalue weighted by molar-refractivity contribution is 5.87. The van der Waals surface area contributed by atoms with Gasteiger partial charge in [-0.3, -0.25) is 9.59 Å². The lowest BCUT2D eigenvalue weighted by Crippen LogP contribution is -2.46. The van der Waals surface area contributed by atoms with Gasteiger partial charge in [0.15, 0.2) is 0 Å². The molecule has 0 saturated carbocycles. The number of aromatic nitrogens is 4. The molecule has 0 aliphatic heterocycles. The number of hydrogen-bond acceptors (Lipinski definition) is 5. The van der Waals surface area contributed by atoms with Gasteiger partial charge in [0.2, 0.25) is 11.8 Å². The van der Waals surface area contributed by atoms with Gasteiger partial charge in [-0.2, -0.15) is 0 Å². The molecule has 6 N–H and O–H groups in total. The summed E-state index contributed by atoms with van der Waals surface area (Å²) in [5.41, 5.74) is 5.79. The summed E-state index contributed by atoms with van der Waals surface area (Å²) in [5.74, 6) is 0.688. The monoisotopic (exact) mass is 333 g/mol. The lowest BCUT2D eigenvalue weighted by atomic mass is 10.0. The summed E-state index contributed by atoms with van der Waals surface area (Å²) in [4.78, 5) is 38.2. The Morgan fingerprint density at radius 2 is 1.75 bits per heavy atom. The molecule has 2 amide bonds. The fraction of sp³-hybridized carbons (Fsp3) is 0.467. The van der Waals surface area contributed by atoms with Crippen LogP contribution in [-0.4, -0.2) is 44.3 Å². The third kappa shape index (κ3) is 4.92. The number of imidazole rings is 2. The first-order valence-corrected chi connectivity index (χ1v) is 7.78. The molecule has 130 valence electrons. The lowest BCUT2D eigenvalue weighted by Gasteiger charge is -2.16. The molecule has 0 unspecified atom stereocenters. The smallest absolute Gasteiger partial charge is 0.240 e. The molecule has 0 aliphatic rings. The summed E-state index contributed by atoms with van der Waals surface area (Å²) in [7, 11) is 0. The van der Waals surface area contributed by atoms with Crippen molar-refractivity contribution in [2.75, 3.05) is 6.54 Å². The summed E-state index contributed by atoms with van der Waals surface area (Å²) >= 11 is 0. The zero-order chi connectivity index (χ0) is 17.5. The van der Waals surface area contributed by atoms with Gasteiger partial charge in [-0.25, -0.2) is 9.97 Å². The minimum Gasteiger partial charge on any atom is -0.346 e. The maximum absolute atomic E-state index is 12.1. The number of hydrogen-bond donors (Lipinski definition) is 5. The first-order valence-electron chi connectivity index (χ1n) is 7.78. The number of carbonyl (C=O) groups excluding carboxylic acids is 2. The van der Waals surface area contributed by atoms with Crippen LogP contribution in [0.1, 0.15) is 38.0 Å². The molecule has 1 atom stereocenters. The Hall–Kier alpha value is -2.68. The van der Waals surface area contributed by atoms with Gasteiger partial charge < -0.3 is 26.3 Å². The maximum Gasteiger partial charge on any atom is 0.240 e. The predicted octanol–water partition coefficient (Wildman–Crippen LogP) is -0.172. The van der Waals surface area contributed by atoms with Crippen molar-refractivity contribution in [3.05, 3.63) is 36.4 Å². The quantitative estimate of drug-likeness (QED) is 0.456. The van der Waals surface area contributed by atoms with Crippen LogP contribution >= 0.6 is 0 Å². The first-order chi connectivity index (χ1) is 11.5. The van der Waals surface area contributed by atoms with E-state index in [2.05, 4.69) is 30.6 Å². The third-order valence-electron chi connectivity index (χ3n) is 3.38. The van der Waals surface area contributed by atoms with Crippen LogP contribution in [0.5, 0.6) is 0 Å². The van der Waals surface area contributed by atoms with Gasteiger partial charge in [-0.15, -0.1) is 0 Å². The van der Waals surface area contributed by atoms with Crippen molar-refractivity contribution in [3.8, 4) is 0 Å². The van der Waals surface area contributed by atoms with Crippen molar-refractivity contribution in [2.45, 2.75) is 32.4 Å². The molecule has 2 heterocycles. The van der Waals surface area contributed by atoms with E-state index >= 15 is 0 Å². The van der Waals surface area contributed by atoms with Gasteiger partial charge >= 0.3 is 0 Å². The van der Waals surface area contributed by atoms with Crippen molar-refractivity contribution in [1.29, 1.82) is 0 Å². The van der Waals surface area contributed by atoms with Crippen molar-refractivity contribution in [1.82, 2.24) is 30.6 Å². The van der Waals surface area contributed by atoms with Crippen LogP contribution in [0.25, 0.3) is 0 Å². The average molecular weight is 333 g/mol. The van der Waals surface area contributed by atoms with Gasteiger partial charge in [0.05, 0.1) is 12.6 Å². The van der Waals surface area contributed by atoms with E-state index in [1.54, 1.807) is 24.8 Å². The normalized spacial score (nSPS) is 12.4. The van der Waals surface area contributed by atoms with Gasteiger partial charge in [-0.1, -0.05) is 13.8 Å². The maximum atomic E-state index is 12.1. The Labute approximate surface area is 139 Å². The Morgan fingerprint density at radius 1 is 1.17 bits per heavy atom. The number of nitrogens with one attached hydrogen (secondary N) is 4. The molecule has 0 aliphatic carbocycles. The number of amides is 2. The number of carbonyl (C=O) groups is 2. The van der Waals surface area contributed by atoms with Crippen LogP contribution in [0.3, 0.4) is 0 Å². The van der Waals surface area contributed by atoms with Gasteiger partial charge in [0, 0.05) is 24.8 Å². The molecule has 9 nitrogen and oxygen atoms in total. The van der Waals surface area contributed by atoms with Crippen LogP contribution in [-0.2, 0) is 9.59 Å². The van der Waals surface area contributed by atoms with Gasteiger partial charge in [0.1, 0.15) is 17.7 Å². The van der Waals surface area contributed by atoms with E-state index in [0.29, 0.717) is 24.0 Å². The summed E-state index contributed by atoms with van der Waals surface area (Å²) < 4.78 is 0. The van der Waals surface area contributed by atoms with Crippen LogP contribution in [0.4, 0.5) is 0 Å². The molecule has 0 fully saturated rings. The van der Waals surface area contributed by atoms with Gasteiger partial charge in [-0.05, 0) is 12.3 Å². The highest BCUT2D eigenvalue weighted by atomic mass is 16.2. The summed E-state index contributed by atoms with van der Waals surface area (Å²) in [5, 5.41) is 5.32. The minimum absolute atomic E-state index is 0.164. The third-order valence-corrected chi connectivity index (χ3v) is 3.38. The highest BCUT2D eigenvalue weighted by Crippen LogP contribution is 2.14. The van der Waals surface area contributed by atoms with E-state index < -0.39 is 12.1 Å². The van der Waals surface area contributed by atoms with Crippen molar-refractivity contribution >= 4 is 11.8 Å². The Kier molecular flexibility index (Phi) is 6.07. The topological polar surface area (TPSA) is 142 Å². The first kappa shape index (κ1) is 17.7. The summed E-state index contributed by atoms with van der Waals surface area (Å²) in [6, 6.07) is -1.17. The fourth-order valence-corrected chi connectivity index (χ4v) is 2.26. The summed E-state index contributed by atoms with van der Waals surface area (Å²) in [6.07, 6.45) is 7.05. The second-order valence-corrected chi connectivity index (χ2v) is 5.90. The second kappa shape index (κ2) is 8.25.